The van der Waals surface area contributed by atoms with Gasteiger partial charge in [0.15, 0.2) is 0 Å². The van der Waals surface area contributed by atoms with E-state index in [4.69, 9.17) is 0 Å². The van der Waals surface area contributed by atoms with Gasteiger partial charge in [0.2, 0.25) is 0 Å². The molecule has 0 fully saturated rings. The molecule has 3 aliphatic rings. The fourth-order valence-electron chi connectivity index (χ4n) is 3.23. The number of nitrogens with zero attached hydrogens (tertiary/aromatic N) is 1. The summed E-state index contributed by atoms with van der Waals surface area (Å²) in [6, 6.07) is -1.44. The van der Waals surface area contributed by atoms with E-state index >= 15 is 0 Å². The van der Waals surface area contributed by atoms with E-state index in [1.807, 2.05) is 0 Å². The summed E-state index contributed by atoms with van der Waals surface area (Å²) in [5, 5.41) is 32.1. The van der Waals surface area contributed by atoms with Gasteiger partial charge < -0.3 is 15.3 Å². The third-order valence-corrected chi connectivity index (χ3v) is 4.27. The number of hydrogen-bond donors (Lipinski definition) is 4. The molecule has 4 N–H and O–H groups in total. The molecule has 112 valence electrons. The van der Waals surface area contributed by atoms with Gasteiger partial charge in [-0.25, -0.2) is 0 Å². The van der Waals surface area contributed by atoms with Crippen molar-refractivity contribution < 1.29 is 24.9 Å². The predicted octanol–water partition coefficient (Wildman–Crippen LogP) is -0.222. The van der Waals surface area contributed by atoms with Crippen LogP contribution in [0.25, 0.3) is 0 Å². The van der Waals surface area contributed by atoms with Crippen LogP contribution in [0, 0.1) is 11.8 Å². The number of rotatable bonds is 2. The van der Waals surface area contributed by atoms with Crippen molar-refractivity contribution in [3.8, 4) is 0 Å². The van der Waals surface area contributed by atoms with E-state index in [-0.39, 0.29) is 6.42 Å². The number of fused-ring (bicyclic) bond motifs is 2. The van der Waals surface area contributed by atoms with Crippen molar-refractivity contribution in [3.05, 3.63) is 24.3 Å². The largest absolute Gasteiger partial charge is 0.481 e. The number of carboxylic acids is 2. The lowest BCUT2D eigenvalue weighted by Gasteiger charge is -2.47. The van der Waals surface area contributed by atoms with Gasteiger partial charge in [0, 0.05) is 18.6 Å². The van der Waals surface area contributed by atoms with Crippen LogP contribution in [0.1, 0.15) is 12.8 Å². The van der Waals surface area contributed by atoms with E-state index < -0.39 is 41.6 Å². The van der Waals surface area contributed by atoms with Gasteiger partial charge in [-0.2, -0.15) is 0 Å². The van der Waals surface area contributed by atoms with E-state index in [9.17, 15) is 24.9 Å². The Morgan fingerprint density at radius 1 is 1.19 bits per heavy atom. The molecule has 1 heterocycles. The number of nitrogens with one attached hydrogen (secondary N) is 1. The van der Waals surface area contributed by atoms with Crippen LogP contribution in [0.4, 0.5) is 0 Å². The lowest BCUT2D eigenvalue weighted by Crippen LogP contribution is -2.68. The van der Waals surface area contributed by atoms with Crippen molar-refractivity contribution in [2.24, 2.45) is 16.8 Å². The maximum absolute atomic E-state index is 11.3. The number of allylic oxidation sites excluding steroid dienone is 1. The third kappa shape index (κ3) is 2.18. The van der Waals surface area contributed by atoms with Gasteiger partial charge in [0.25, 0.3) is 0 Å². The second-order valence-corrected chi connectivity index (χ2v) is 5.60. The summed E-state index contributed by atoms with van der Waals surface area (Å²) in [4.78, 5) is 27.0. The summed E-state index contributed by atoms with van der Waals surface area (Å²) in [5.41, 5.74) is -0.939. The van der Waals surface area contributed by atoms with Crippen molar-refractivity contribution in [1.82, 2.24) is 5.32 Å². The van der Waals surface area contributed by atoms with E-state index in [1.54, 1.807) is 18.2 Å². The average Bonchev–Trinajstić information content (AvgIpc) is 2.42. The zero-order valence-electron chi connectivity index (χ0n) is 11.1. The Kier molecular flexibility index (Phi) is 3.18. The number of aliphatic hydroxyl groups is 1. The molecular formula is C14H16N2O5. The van der Waals surface area contributed by atoms with Crippen LogP contribution in [0.15, 0.2) is 29.3 Å². The van der Waals surface area contributed by atoms with Gasteiger partial charge >= 0.3 is 11.9 Å². The van der Waals surface area contributed by atoms with Gasteiger partial charge in [-0.05, 0) is 0 Å². The molecule has 0 amide bonds. The highest BCUT2D eigenvalue weighted by Crippen LogP contribution is 2.35. The van der Waals surface area contributed by atoms with Crippen LogP contribution < -0.4 is 5.32 Å². The first-order valence-electron chi connectivity index (χ1n) is 6.78. The van der Waals surface area contributed by atoms with E-state index in [0.29, 0.717) is 12.1 Å². The first-order chi connectivity index (χ1) is 9.92. The Labute approximate surface area is 120 Å². The Hall–Kier alpha value is -1.99. The van der Waals surface area contributed by atoms with Crippen LogP contribution in [0.2, 0.25) is 0 Å². The molecule has 0 aromatic carbocycles. The van der Waals surface area contributed by atoms with Crippen molar-refractivity contribution in [3.63, 3.8) is 0 Å². The first kappa shape index (κ1) is 14.0. The highest BCUT2D eigenvalue weighted by Gasteiger charge is 2.51. The molecule has 2 aliphatic carbocycles. The molecule has 0 radical (unpaired) electrons. The van der Waals surface area contributed by atoms with Gasteiger partial charge in [0.1, 0.15) is 17.7 Å². The molecule has 0 aromatic heterocycles. The lowest BCUT2D eigenvalue weighted by molar-refractivity contribution is -0.147. The molecule has 3 rings (SSSR count). The van der Waals surface area contributed by atoms with Crippen LogP contribution in [0.3, 0.4) is 0 Å². The second-order valence-electron chi connectivity index (χ2n) is 5.60. The number of hydrogen-bond acceptors (Lipinski definition) is 5. The molecule has 7 nitrogen and oxygen atoms in total. The Bertz CT molecular complexity index is 582. The van der Waals surface area contributed by atoms with Crippen molar-refractivity contribution in [1.29, 1.82) is 0 Å². The summed E-state index contributed by atoms with van der Waals surface area (Å²) >= 11 is 0. The molecule has 2 unspecified atom stereocenters. The summed E-state index contributed by atoms with van der Waals surface area (Å²) in [6.45, 7) is 0. The highest BCUT2D eigenvalue weighted by molar-refractivity contribution is 5.97. The Morgan fingerprint density at radius 3 is 2.52 bits per heavy atom. The smallest absolute Gasteiger partial charge is 0.312 e. The minimum Gasteiger partial charge on any atom is -0.481 e. The SMILES string of the molecule is O=C(O)[C@@H]1C=CCC2(O)N[C@@H]3C(=NC12)CC=C[C@H]3C(=O)O. The van der Waals surface area contributed by atoms with Crippen LogP contribution >= 0.6 is 0 Å². The summed E-state index contributed by atoms with van der Waals surface area (Å²) < 4.78 is 0. The van der Waals surface area contributed by atoms with Gasteiger partial charge in [-0.1, -0.05) is 24.3 Å². The predicted molar refractivity (Wildman–Crippen MR) is 72.9 cm³/mol. The summed E-state index contributed by atoms with van der Waals surface area (Å²) in [6.07, 6.45) is 7.08. The summed E-state index contributed by atoms with van der Waals surface area (Å²) in [5.74, 6) is -3.78. The molecule has 0 bridgehead atoms. The quantitative estimate of drug-likeness (QED) is 0.522. The monoisotopic (exact) mass is 292 g/mol. The number of carboxylic acid groups (broad SMARTS) is 2. The van der Waals surface area contributed by atoms with Crippen LogP contribution in [-0.4, -0.2) is 50.8 Å². The van der Waals surface area contributed by atoms with Crippen molar-refractivity contribution in [2.45, 2.75) is 30.7 Å². The number of carbonyl (C=O) groups is 2. The highest BCUT2D eigenvalue weighted by atomic mass is 16.4. The van der Waals surface area contributed by atoms with E-state index in [1.165, 1.54) is 6.08 Å². The maximum atomic E-state index is 11.3. The van der Waals surface area contributed by atoms with Gasteiger partial charge in [-0.3, -0.25) is 19.9 Å². The van der Waals surface area contributed by atoms with Gasteiger partial charge in [-0.15, -0.1) is 0 Å². The molecule has 0 spiro atoms. The maximum Gasteiger partial charge on any atom is 0.312 e. The van der Waals surface area contributed by atoms with Gasteiger partial charge in [0.05, 0.1) is 12.0 Å². The van der Waals surface area contributed by atoms with Crippen molar-refractivity contribution >= 4 is 17.7 Å². The van der Waals surface area contributed by atoms with Crippen LogP contribution in [-0.2, 0) is 9.59 Å². The molecular weight excluding hydrogens is 276 g/mol. The second kappa shape index (κ2) is 4.78. The Balaban J connectivity index is 2.01. The number of aliphatic imine (C=N–C) groups is 1. The summed E-state index contributed by atoms with van der Waals surface area (Å²) in [7, 11) is 0. The molecule has 0 aromatic rings. The van der Waals surface area contributed by atoms with Crippen molar-refractivity contribution in [2.75, 3.05) is 0 Å². The minimum atomic E-state index is -1.52. The molecule has 7 heteroatoms. The first-order valence-corrected chi connectivity index (χ1v) is 6.78. The molecule has 0 saturated heterocycles. The normalized spacial score (nSPS) is 40.9. The zero-order valence-corrected chi connectivity index (χ0v) is 11.1. The fourth-order valence-corrected chi connectivity index (χ4v) is 3.23. The average molecular weight is 292 g/mol. The molecule has 5 atom stereocenters. The fraction of sp³-hybridized carbons (Fsp3) is 0.500. The lowest BCUT2D eigenvalue weighted by atomic mass is 9.77. The molecule has 21 heavy (non-hydrogen) atoms. The Morgan fingerprint density at radius 2 is 1.86 bits per heavy atom. The number of aliphatic carboxylic acids is 2. The molecule has 0 saturated carbocycles. The topological polar surface area (TPSA) is 119 Å². The van der Waals surface area contributed by atoms with E-state index in [2.05, 4.69) is 10.3 Å². The van der Waals surface area contributed by atoms with Crippen LogP contribution in [0.5, 0.6) is 0 Å². The third-order valence-electron chi connectivity index (χ3n) is 4.27. The standard InChI is InChI=1S/C14H16N2O5/c17-12(18)7-3-1-5-9-10(7)16-14(21)6-2-4-8(13(19)20)11(14)15-9/h1-4,7-8,10-11,16,21H,5-6H2,(H,17,18)(H,19,20)/t7-,8-,10+,11?,14?/m1/s1. The minimum absolute atomic E-state index is 0.199. The van der Waals surface area contributed by atoms with E-state index in [0.717, 1.165) is 0 Å². The zero-order chi connectivity index (χ0) is 15.2. The molecule has 1 aliphatic heterocycles.